The van der Waals surface area contributed by atoms with Crippen LogP contribution in [0.3, 0.4) is 0 Å². The van der Waals surface area contributed by atoms with E-state index in [1.54, 1.807) is 4.90 Å². The molecular formula is C9H13NO4. The summed E-state index contributed by atoms with van der Waals surface area (Å²) in [6, 6.07) is 0.355. The Labute approximate surface area is 81.6 Å². The largest absolute Gasteiger partial charge is 0.481 e. The lowest BCUT2D eigenvalue weighted by Crippen LogP contribution is -2.43. The van der Waals surface area contributed by atoms with E-state index in [4.69, 9.17) is 9.84 Å². The third-order valence-electron chi connectivity index (χ3n) is 2.58. The molecule has 0 radical (unpaired) electrons. The topological polar surface area (TPSA) is 66.8 Å². The molecule has 1 amide bonds. The lowest BCUT2D eigenvalue weighted by Gasteiger charge is -2.31. The van der Waals surface area contributed by atoms with Crippen molar-refractivity contribution in [1.29, 1.82) is 0 Å². The van der Waals surface area contributed by atoms with Crippen molar-refractivity contribution in [3.63, 3.8) is 0 Å². The van der Waals surface area contributed by atoms with E-state index in [2.05, 4.69) is 0 Å². The van der Waals surface area contributed by atoms with Gasteiger partial charge in [0.25, 0.3) is 0 Å². The number of carbonyl (C=O) groups excluding carboxylic acids is 1. The number of carboxylic acids is 1. The second-order valence-electron chi connectivity index (χ2n) is 3.82. The summed E-state index contributed by atoms with van der Waals surface area (Å²) in [6.45, 7) is 0.640. The Bertz CT molecular complexity index is 262. The molecule has 5 heteroatoms. The van der Waals surface area contributed by atoms with Gasteiger partial charge in [-0.25, -0.2) is 4.79 Å². The van der Waals surface area contributed by atoms with Crippen molar-refractivity contribution >= 4 is 12.1 Å². The molecular weight excluding hydrogens is 186 g/mol. The smallest absolute Gasteiger partial charge is 0.410 e. The number of cyclic esters (lactones) is 1. The van der Waals surface area contributed by atoms with Crippen molar-refractivity contribution in [3.05, 3.63) is 0 Å². The number of hydrogen-bond acceptors (Lipinski definition) is 3. The van der Waals surface area contributed by atoms with Gasteiger partial charge >= 0.3 is 12.1 Å². The molecule has 2 fully saturated rings. The first kappa shape index (κ1) is 9.30. The average molecular weight is 199 g/mol. The van der Waals surface area contributed by atoms with Crippen LogP contribution >= 0.6 is 0 Å². The Balaban J connectivity index is 1.85. The van der Waals surface area contributed by atoms with Crippen LogP contribution in [0.25, 0.3) is 0 Å². The van der Waals surface area contributed by atoms with Crippen molar-refractivity contribution in [2.75, 3.05) is 6.54 Å². The maximum atomic E-state index is 11.4. The maximum absolute atomic E-state index is 11.4. The first-order chi connectivity index (χ1) is 6.66. The average Bonchev–Trinajstić information content (AvgIpc) is 2.86. The Kier molecular flexibility index (Phi) is 2.31. The van der Waals surface area contributed by atoms with Crippen LogP contribution < -0.4 is 0 Å². The fraction of sp³-hybridized carbons (Fsp3) is 0.778. The summed E-state index contributed by atoms with van der Waals surface area (Å²) in [5.74, 6) is -0.914. The van der Waals surface area contributed by atoms with E-state index in [9.17, 15) is 9.59 Å². The van der Waals surface area contributed by atoms with Gasteiger partial charge in [0.2, 0.25) is 0 Å². The van der Waals surface area contributed by atoms with Crippen LogP contribution in [0.2, 0.25) is 0 Å². The van der Waals surface area contributed by atoms with Crippen molar-refractivity contribution < 1.29 is 19.4 Å². The SMILES string of the molecule is O=C(O)CC1CCN(C2CC2)C(=O)O1. The molecule has 1 unspecified atom stereocenters. The van der Waals surface area contributed by atoms with Gasteiger partial charge in [0, 0.05) is 19.0 Å². The summed E-state index contributed by atoms with van der Waals surface area (Å²) in [4.78, 5) is 23.5. The highest BCUT2D eigenvalue weighted by Crippen LogP contribution is 2.30. The molecule has 1 aliphatic heterocycles. The zero-order chi connectivity index (χ0) is 10.1. The second-order valence-corrected chi connectivity index (χ2v) is 3.82. The molecule has 0 spiro atoms. The minimum atomic E-state index is -0.914. The number of nitrogens with zero attached hydrogens (tertiary/aromatic N) is 1. The molecule has 1 N–H and O–H groups in total. The van der Waals surface area contributed by atoms with Gasteiger partial charge in [0.05, 0.1) is 6.42 Å². The van der Waals surface area contributed by atoms with Gasteiger partial charge in [0.15, 0.2) is 0 Å². The third kappa shape index (κ3) is 1.97. The number of ether oxygens (including phenoxy) is 1. The van der Waals surface area contributed by atoms with Crippen molar-refractivity contribution in [3.8, 4) is 0 Å². The molecule has 0 aromatic heterocycles. The first-order valence-electron chi connectivity index (χ1n) is 4.86. The van der Waals surface area contributed by atoms with E-state index in [-0.39, 0.29) is 12.5 Å². The molecule has 1 saturated heterocycles. The van der Waals surface area contributed by atoms with Crippen LogP contribution in [0.1, 0.15) is 25.7 Å². The Morgan fingerprint density at radius 3 is 2.71 bits per heavy atom. The number of hydrogen-bond donors (Lipinski definition) is 1. The van der Waals surface area contributed by atoms with Crippen LogP contribution in [0.15, 0.2) is 0 Å². The highest BCUT2D eigenvalue weighted by Gasteiger charge is 2.37. The molecule has 1 saturated carbocycles. The van der Waals surface area contributed by atoms with Crippen molar-refractivity contribution in [1.82, 2.24) is 4.90 Å². The molecule has 0 aromatic carbocycles. The lowest BCUT2D eigenvalue weighted by molar-refractivity contribution is -0.139. The summed E-state index contributed by atoms with van der Waals surface area (Å²) in [5, 5.41) is 8.53. The van der Waals surface area contributed by atoms with Gasteiger partial charge < -0.3 is 14.7 Å². The van der Waals surface area contributed by atoms with E-state index < -0.39 is 12.1 Å². The predicted octanol–water partition coefficient (Wildman–Crippen LogP) is 0.834. The van der Waals surface area contributed by atoms with E-state index in [0.717, 1.165) is 12.8 Å². The Hall–Kier alpha value is -1.26. The normalized spacial score (nSPS) is 27.3. The number of aliphatic carboxylic acids is 1. The number of carboxylic acid groups (broad SMARTS) is 1. The van der Waals surface area contributed by atoms with Crippen LogP contribution in [0.4, 0.5) is 4.79 Å². The van der Waals surface area contributed by atoms with Gasteiger partial charge in [-0.05, 0) is 12.8 Å². The first-order valence-corrected chi connectivity index (χ1v) is 4.86. The summed E-state index contributed by atoms with van der Waals surface area (Å²) >= 11 is 0. The van der Waals surface area contributed by atoms with Crippen LogP contribution in [0.5, 0.6) is 0 Å². The van der Waals surface area contributed by atoms with E-state index in [1.807, 2.05) is 0 Å². The quantitative estimate of drug-likeness (QED) is 0.731. The molecule has 2 aliphatic rings. The molecule has 1 heterocycles. The molecule has 0 bridgehead atoms. The highest BCUT2D eigenvalue weighted by atomic mass is 16.6. The number of carbonyl (C=O) groups is 2. The minimum absolute atomic E-state index is 0.0791. The molecule has 1 aliphatic carbocycles. The Morgan fingerprint density at radius 1 is 1.50 bits per heavy atom. The van der Waals surface area contributed by atoms with Gasteiger partial charge in [-0.2, -0.15) is 0 Å². The standard InChI is InChI=1S/C9H13NO4/c11-8(12)5-7-3-4-10(6-1-2-6)9(13)14-7/h6-7H,1-5H2,(H,11,12). The summed E-state index contributed by atoms with van der Waals surface area (Å²) in [5.41, 5.74) is 0. The molecule has 14 heavy (non-hydrogen) atoms. The van der Waals surface area contributed by atoms with Gasteiger partial charge in [-0.1, -0.05) is 0 Å². The summed E-state index contributed by atoms with van der Waals surface area (Å²) in [7, 11) is 0. The predicted molar refractivity (Wildman–Crippen MR) is 46.9 cm³/mol. The lowest BCUT2D eigenvalue weighted by atomic mass is 10.1. The monoisotopic (exact) mass is 199 g/mol. The zero-order valence-corrected chi connectivity index (χ0v) is 7.81. The van der Waals surface area contributed by atoms with Gasteiger partial charge in [-0.15, -0.1) is 0 Å². The number of amides is 1. The minimum Gasteiger partial charge on any atom is -0.481 e. The second kappa shape index (κ2) is 3.48. The molecule has 2 rings (SSSR count). The zero-order valence-electron chi connectivity index (χ0n) is 7.81. The van der Waals surface area contributed by atoms with E-state index >= 15 is 0 Å². The van der Waals surface area contributed by atoms with E-state index in [1.165, 1.54) is 0 Å². The van der Waals surface area contributed by atoms with E-state index in [0.29, 0.717) is 19.0 Å². The molecule has 78 valence electrons. The fourth-order valence-corrected chi connectivity index (χ4v) is 1.70. The maximum Gasteiger partial charge on any atom is 0.410 e. The summed E-state index contributed by atoms with van der Waals surface area (Å²) in [6.07, 6.45) is 1.89. The van der Waals surface area contributed by atoms with Crippen molar-refractivity contribution in [2.45, 2.75) is 37.8 Å². The molecule has 0 aromatic rings. The Morgan fingerprint density at radius 2 is 2.21 bits per heavy atom. The van der Waals surface area contributed by atoms with Crippen LogP contribution in [-0.4, -0.2) is 40.8 Å². The van der Waals surface area contributed by atoms with Crippen molar-refractivity contribution in [2.24, 2.45) is 0 Å². The molecule has 5 nitrogen and oxygen atoms in total. The van der Waals surface area contributed by atoms with Crippen LogP contribution in [0, 0.1) is 0 Å². The third-order valence-corrected chi connectivity index (χ3v) is 2.58. The highest BCUT2D eigenvalue weighted by molar-refractivity contribution is 5.71. The number of rotatable bonds is 3. The fourth-order valence-electron chi connectivity index (χ4n) is 1.70. The van der Waals surface area contributed by atoms with Gasteiger partial charge in [-0.3, -0.25) is 4.79 Å². The molecule has 1 atom stereocenters. The van der Waals surface area contributed by atoms with Gasteiger partial charge in [0.1, 0.15) is 6.10 Å². The summed E-state index contributed by atoms with van der Waals surface area (Å²) < 4.78 is 5.02. The van der Waals surface area contributed by atoms with Crippen LogP contribution in [-0.2, 0) is 9.53 Å².